The molecule has 5 heterocycles. The van der Waals surface area contributed by atoms with Gasteiger partial charge in [-0.05, 0) is 6.07 Å². The molecule has 4 aromatic heterocycles. The van der Waals surface area contributed by atoms with Crippen LogP contribution in [0.4, 0.5) is 10.2 Å². The number of rotatable bonds is 4. The number of nitrogens with zero attached hydrogens (tertiary/aromatic N) is 7. The molecule has 0 bridgehead atoms. The molecule has 4 aromatic rings. The summed E-state index contributed by atoms with van der Waals surface area (Å²) in [7, 11) is 0. The van der Waals surface area contributed by atoms with Crippen molar-refractivity contribution in [2.45, 2.75) is 6.04 Å². The van der Waals surface area contributed by atoms with E-state index in [1.54, 1.807) is 33.7 Å². The van der Waals surface area contributed by atoms with Gasteiger partial charge in [0, 0.05) is 30.9 Å². The molecule has 0 aromatic carbocycles. The normalized spacial score (nSPS) is 14.3. The Kier molecular flexibility index (Phi) is 3.87. The molecule has 5 rings (SSSR count). The summed E-state index contributed by atoms with van der Waals surface area (Å²) >= 11 is 1.24. The quantitative estimate of drug-likeness (QED) is 0.532. The van der Waals surface area contributed by atoms with Gasteiger partial charge in [-0.25, -0.2) is 19.2 Å². The Morgan fingerprint density at radius 1 is 1.24 bits per heavy atom. The van der Waals surface area contributed by atoms with Gasteiger partial charge in [0.05, 0.1) is 17.8 Å². The monoisotopic (exact) mass is 413 g/mol. The molecule has 0 spiro atoms. The van der Waals surface area contributed by atoms with Crippen LogP contribution in [0.3, 0.4) is 0 Å². The summed E-state index contributed by atoms with van der Waals surface area (Å²) in [6.07, 6.45) is 5.87. The van der Waals surface area contributed by atoms with E-state index in [1.165, 1.54) is 22.1 Å². The van der Waals surface area contributed by atoms with Crippen molar-refractivity contribution >= 4 is 34.2 Å². The molecule has 0 saturated carbocycles. The Morgan fingerprint density at radius 2 is 2.00 bits per heavy atom. The minimum absolute atomic E-state index is 0.00237. The van der Waals surface area contributed by atoms with E-state index in [0.29, 0.717) is 18.2 Å². The van der Waals surface area contributed by atoms with E-state index in [2.05, 4.69) is 20.2 Å². The molecule has 1 N–H and O–H groups in total. The third-order valence-electron chi connectivity index (χ3n) is 4.69. The van der Waals surface area contributed by atoms with E-state index < -0.39 is 22.8 Å². The smallest absolute Gasteiger partial charge is 0.341 e. The molecule has 29 heavy (non-hydrogen) atoms. The van der Waals surface area contributed by atoms with E-state index >= 15 is 0 Å². The number of carboxylic acid groups (broad SMARTS) is 1. The van der Waals surface area contributed by atoms with Crippen molar-refractivity contribution in [1.29, 1.82) is 0 Å². The van der Waals surface area contributed by atoms with Crippen LogP contribution < -0.4 is 10.3 Å². The fourth-order valence-electron chi connectivity index (χ4n) is 3.26. The maximum atomic E-state index is 14.8. The minimum Gasteiger partial charge on any atom is -0.477 e. The van der Waals surface area contributed by atoms with Crippen molar-refractivity contribution in [1.82, 2.24) is 29.5 Å². The lowest BCUT2D eigenvalue weighted by atomic mass is 10.1. The third-order valence-corrected chi connectivity index (χ3v) is 5.46. The molecular formula is C17H12FN7O3S. The second kappa shape index (κ2) is 6.44. The van der Waals surface area contributed by atoms with Crippen molar-refractivity contribution in [3.63, 3.8) is 0 Å². The van der Waals surface area contributed by atoms with E-state index in [-0.39, 0.29) is 22.9 Å². The molecule has 10 nitrogen and oxygen atoms in total. The molecule has 0 radical (unpaired) electrons. The Morgan fingerprint density at radius 3 is 2.66 bits per heavy atom. The van der Waals surface area contributed by atoms with Crippen molar-refractivity contribution in [2.75, 3.05) is 18.0 Å². The lowest BCUT2D eigenvalue weighted by molar-refractivity contribution is 0.0695. The highest BCUT2D eigenvalue weighted by molar-refractivity contribution is 7.12. The first-order valence-corrected chi connectivity index (χ1v) is 9.40. The molecule has 1 saturated heterocycles. The molecular weight excluding hydrogens is 401 g/mol. The SMILES string of the molecule is O=C(O)c1cn(-c2nccs2)c2nc(N3CC(n4nccn4)C3)c(F)cc2c1=O. The molecule has 0 aliphatic carbocycles. The molecule has 1 fully saturated rings. The van der Waals surface area contributed by atoms with Crippen LogP contribution in [-0.2, 0) is 0 Å². The number of carboxylic acids is 1. The summed E-state index contributed by atoms with van der Waals surface area (Å²) in [6.45, 7) is 0.914. The van der Waals surface area contributed by atoms with Gasteiger partial charge in [-0.1, -0.05) is 0 Å². The second-order valence-corrected chi connectivity index (χ2v) is 7.31. The highest BCUT2D eigenvalue weighted by Crippen LogP contribution is 2.30. The van der Waals surface area contributed by atoms with Crippen LogP contribution in [-0.4, -0.2) is 53.7 Å². The van der Waals surface area contributed by atoms with Crippen LogP contribution in [0.5, 0.6) is 0 Å². The molecule has 0 atom stereocenters. The Bertz CT molecular complexity index is 1280. The fraction of sp³-hybridized carbons (Fsp3) is 0.176. The lowest BCUT2D eigenvalue weighted by Gasteiger charge is -2.39. The van der Waals surface area contributed by atoms with Crippen molar-refractivity contribution in [3.05, 3.63) is 57.8 Å². The minimum atomic E-state index is -1.40. The average Bonchev–Trinajstić information content (AvgIpc) is 3.35. The van der Waals surface area contributed by atoms with E-state index in [4.69, 9.17) is 0 Å². The molecule has 1 aliphatic heterocycles. The van der Waals surface area contributed by atoms with Gasteiger partial charge in [0.2, 0.25) is 5.43 Å². The zero-order valence-corrected chi connectivity index (χ0v) is 15.5. The van der Waals surface area contributed by atoms with E-state index in [9.17, 15) is 19.1 Å². The molecule has 12 heteroatoms. The summed E-state index contributed by atoms with van der Waals surface area (Å²) in [6, 6.07) is 1.04. The maximum absolute atomic E-state index is 14.8. The first-order valence-electron chi connectivity index (χ1n) is 8.52. The van der Waals surface area contributed by atoms with Gasteiger partial charge in [0.25, 0.3) is 0 Å². The van der Waals surface area contributed by atoms with Crippen LogP contribution in [0.25, 0.3) is 16.2 Å². The summed E-state index contributed by atoms with van der Waals surface area (Å²) < 4.78 is 16.2. The third kappa shape index (κ3) is 2.76. The van der Waals surface area contributed by atoms with Crippen LogP contribution >= 0.6 is 11.3 Å². The number of fused-ring (bicyclic) bond motifs is 1. The van der Waals surface area contributed by atoms with Crippen molar-refractivity contribution < 1.29 is 14.3 Å². The van der Waals surface area contributed by atoms with Crippen molar-refractivity contribution in [3.8, 4) is 5.13 Å². The zero-order valence-electron chi connectivity index (χ0n) is 14.6. The number of thiazole rings is 1. The Hall–Kier alpha value is -3.67. The van der Waals surface area contributed by atoms with Crippen molar-refractivity contribution in [2.24, 2.45) is 0 Å². The van der Waals surface area contributed by atoms with Gasteiger partial charge in [0.15, 0.2) is 22.4 Å². The van der Waals surface area contributed by atoms with Crippen LogP contribution in [0.2, 0.25) is 0 Å². The highest BCUT2D eigenvalue weighted by Gasteiger charge is 2.33. The zero-order chi connectivity index (χ0) is 20.1. The van der Waals surface area contributed by atoms with Gasteiger partial charge < -0.3 is 10.0 Å². The summed E-state index contributed by atoms with van der Waals surface area (Å²) in [5, 5.41) is 19.5. The van der Waals surface area contributed by atoms with Gasteiger partial charge >= 0.3 is 5.97 Å². The van der Waals surface area contributed by atoms with E-state index in [1.807, 2.05) is 0 Å². The maximum Gasteiger partial charge on any atom is 0.341 e. The molecule has 146 valence electrons. The molecule has 1 aliphatic rings. The fourth-order valence-corrected chi connectivity index (χ4v) is 3.88. The van der Waals surface area contributed by atoms with E-state index in [0.717, 1.165) is 6.07 Å². The van der Waals surface area contributed by atoms with Gasteiger partial charge in [-0.3, -0.25) is 9.36 Å². The van der Waals surface area contributed by atoms with Gasteiger partial charge in [-0.15, -0.1) is 11.3 Å². The van der Waals surface area contributed by atoms with Crippen LogP contribution in [0.15, 0.2) is 41.0 Å². The molecule has 0 unspecified atom stereocenters. The predicted octanol–water partition coefficient (Wildman–Crippen LogP) is 1.33. The topological polar surface area (TPSA) is 119 Å². The number of carbonyl (C=O) groups is 1. The number of hydrogen-bond acceptors (Lipinski definition) is 8. The summed E-state index contributed by atoms with van der Waals surface area (Å²) in [5.41, 5.74) is -1.12. The Labute approximate surface area is 165 Å². The summed E-state index contributed by atoms with van der Waals surface area (Å²) in [5.74, 6) is -2.02. The number of pyridine rings is 2. The predicted molar refractivity (Wildman–Crippen MR) is 101 cm³/mol. The first kappa shape index (κ1) is 17.4. The standard InChI is InChI=1S/C17H12FN7O3S/c18-12-5-10-13(26)11(16(27)28)8-24(17-19-3-4-29-17)14(10)22-15(12)23-6-9(7-23)25-20-1-2-21-25/h1-5,8-9H,6-7H2,(H,27,28). The Balaban J connectivity index is 1.64. The largest absolute Gasteiger partial charge is 0.477 e. The number of hydrogen-bond donors (Lipinski definition) is 1. The average molecular weight is 413 g/mol. The second-order valence-electron chi connectivity index (χ2n) is 6.43. The first-order chi connectivity index (χ1) is 14.0. The van der Waals surface area contributed by atoms with Crippen LogP contribution in [0, 0.1) is 5.82 Å². The number of aromatic carboxylic acids is 1. The van der Waals surface area contributed by atoms with Crippen LogP contribution in [0.1, 0.15) is 16.4 Å². The lowest BCUT2D eigenvalue weighted by Crippen LogP contribution is -2.49. The number of aromatic nitrogens is 6. The number of halogens is 1. The van der Waals surface area contributed by atoms with Gasteiger partial charge in [-0.2, -0.15) is 15.0 Å². The number of anilines is 1. The van der Waals surface area contributed by atoms with Gasteiger partial charge in [0.1, 0.15) is 11.6 Å². The summed E-state index contributed by atoms with van der Waals surface area (Å²) in [4.78, 5) is 35.8. The molecule has 0 amide bonds. The highest BCUT2D eigenvalue weighted by atomic mass is 32.1.